The van der Waals surface area contributed by atoms with E-state index < -0.39 is 0 Å². The first-order valence-electron chi connectivity index (χ1n) is 7.71. The van der Waals surface area contributed by atoms with Gasteiger partial charge in [0.2, 0.25) is 0 Å². The van der Waals surface area contributed by atoms with Crippen molar-refractivity contribution in [3.05, 3.63) is 42.0 Å². The van der Waals surface area contributed by atoms with E-state index in [1.807, 2.05) is 31.3 Å². The maximum Gasteiger partial charge on any atom is 0.191 e. The van der Waals surface area contributed by atoms with E-state index in [0.717, 1.165) is 17.1 Å². The highest BCUT2D eigenvalue weighted by Crippen LogP contribution is 2.17. The van der Waals surface area contributed by atoms with Crippen molar-refractivity contribution in [3.8, 4) is 5.75 Å². The second kappa shape index (κ2) is 9.51. The maximum absolute atomic E-state index is 5.67. The molecule has 1 aromatic heterocycles. The Morgan fingerprint density at radius 1 is 1.29 bits per heavy atom. The number of ether oxygens (including phenoxy) is 2. The number of rotatable bonds is 8. The number of methoxy groups -OCH3 is 1. The third kappa shape index (κ3) is 5.24. The van der Waals surface area contributed by atoms with Gasteiger partial charge in [0, 0.05) is 26.2 Å². The number of hydrogen-bond donors (Lipinski definition) is 2. The fraction of sp³-hybridized carbons (Fsp3) is 0.438. The zero-order chi connectivity index (χ0) is 17.2. The number of para-hydroxylation sites is 1. The van der Waals surface area contributed by atoms with Crippen LogP contribution in [0.5, 0.6) is 5.75 Å². The van der Waals surface area contributed by atoms with E-state index in [0.29, 0.717) is 32.3 Å². The third-order valence-corrected chi connectivity index (χ3v) is 3.43. The van der Waals surface area contributed by atoms with E-state index >= 15 is 0 Å². The quantitative estimate of drug-likeness (QED) is 0.421. The Hall–Kier alpha value is -2.61. The lowest BCUT2D eigenvalue weighted by Crippen LogP contribution is -2.39. The number of hydrogen-bond acceptors (Lipinski definition) is 5. The molecular weight excluding hydrogens is 308 g/mol. The smallest absolute Gasteiger partial charge is 0.191 e. The van der Waals surface area contributed by atoms with Gasteiger partial charge in [-0.15, -0.1) is 0 Å². The Balaban J connectivity index is 1.66. The molecule has 0 radical (unpaired) electrons. The molecule has 2 N–H and O–H groups in total. The molecule has 24 heavy (non-hydrogen) atoms. The normalized spacial score (nSPS) is 11.4. The molecule has 8 nitrogen and oxygen atoms in total. The highest BCUT2D eigenvalue weighted by molar-refractivity contribution is 5.79. The summed E-state index contributed by atoms with van der Waals surface area (Å²) in [5.41, 5.74) is 1.03. The number of aromatic nitrogens is 3. The minimum atomic E-state index is 0.511. The molecule has 0 spiro atoms. The Morgan fingerprint density at radius 3 is 2.83 bits per heavy atom. The van der Waals surface area contributed by atoms with Gasteiger partial charge < -0.3 is 20.1 Å². The van der Waals surface area contributed by atoms with Crippen LogP contribution in [0.15, 0.2) is 35.6 Å². The molecule has 0 saturated heterocycles. The molecule has 0 aliphatic rings. The summed E-state index contributed by atoms with van der Waals surface area (Å²) in [6.07, 6.45) is 1.53. The van der Waals surface area contributed by atoms with Gasteiger partial charge in [-0.25, -0.2) is 4.98 Å². The molecule has 2 aromatic rings. The first kappa shape index (κ1) is 17.7. The lowest BCUT2D eigenvalue weighted by molar-refractivity contribution is 0.123. The zero-order valence-corrected chi connectivity index (χ0v) is 14.3. The van der Waals surface area contributed by atoms with Gasteiger partial charge in [0.25, 0.3) is 0 Å². The molecule has 8 heteroatoms. The van der Waals surface area contributed by atoms with Crippen molar-refractivity contribution in [2.75, 3.05) is 27.3 Å². The van der Waals surface area contributed by atoms with Gasteiger partial charge in [0.05, 0.1) is 26.9 Å². The van der Waals surface area contributed by atoms with Gasteiger partial charge in [-0.3, -0.25) is 9.67 Å². The summed E-state index contributed by atoms with van der Waals surface area (Å²) in [7, 11) is 5.24. The molecular formula is C16H24N6O2. The van der Waals surface area contributed by atoms with Crippen LogP contribution in [0.2, 0.25) is 0 Å². The fourth-order valence-electron chi connectivity index (χ4n) is 2.11. The lowest BCUT2D eigenvalue weighted by atomic mass is 10.2. The average Bonchev–Trinajstić information content (AvgIpc) is 3.02. The van der Waals surface area contributed by atoms with Crippen LogP contribution in [0.1, 0.15) is 11.4 Å². The van der Waals surface area contributed by atoms with Crippen molar-refractivity contribution in [3.63, 3.8) is 0 Å². The van der Waals surface area contributed by atoms with Crippen molar-refractivity contribution in [1.29, 1.82) is 0 Å². The van der Waals surface area contributed by atoms with Crippen molar-refractivity contribution in [2.24, 2.45) is 12.0 Å². The van der Waals surface area contributed by atoms with Crippen molar-refractivity contribution < 1.29 is 9.47 Å². The monoisotopic (exact) mass is 332 g/mol. The third-order valence-electron chi connectivity index (χ3n) is 3.43. The van der Waals surface area contributed by atoms with Gasteiger partial charge in [0.1, 0.15) is 17.9 Å². The summed E-state index contributed by atoms with van der Waals surface area (Å²) in [6, 6.07) is 7.83. The Morgan fingerprint density at radius 2 is 2.12 bits per heavy atom. The van der Waals surface area contributed by atoms with E-state index in [2.05, 4.69) is 25.7 Å². The molecule has 0 atom stereocenters. The second-order valence-electron chi connectivity index (χ2n) is 5.02. The second-order valence-corrected chi connectivity index (χ2v) is 5.02. The largest absolute Gasteiger partial charge is 0.496 e. The van der Waals surface area contributed by atoms with Gasteiger partial charge in [-0.2, -0.15) is 5.10 Å². The van der Waals surface area contributed by atoms with Crippen LogP contribution in [0, 0.1) is 0 Å². The summed E-state index contributed by atoms with van der Waals surface area (Å²) in [5, 5.41) is 10.4. The van der Waals surface area contributed by atoms with E-state index in [1.165, 1.54) is 6.33 Å². The van der Waals surface area contributed by atoms with Crippen LogP contribution in [-0.4, -0.2) is 48.0 Å². The maximum atomic E-state index is 5.67. The SMILES string of the molecule is CN=C(NCCOCc1ccccc1OC)NCc1ncnn1C. The molecule has 0 unspecified atom stereocenters. The lowest BCUT2D eigenvalue weighted by Gasteiger charge is -2.12. The molecule has 0 fully saturated rings. The summed E-state index contributed by atoms with van der Waals surface area (Å²) >= 11 is 0. The minimum absolute atomic E-state index is 0.511. The van der Waals surface area contributed by atoms with E-state index in [-0.39, 0.29) is 0 Å². The van der Waals surface area contributed by atoms with Crippen molar-refractivity contribution in [2.45, 2.75) is 13.2 Å². The standard InChI is InChI=1S/C16H24N6O2/c1-17-16(19-10-15-20-12-21-22(15)2)18-8-9-24-11-13-6-4-5-7-14(13)23-3/h4-7,12H,8-11H2,1-3H3,(H2,17,18,19). The predicted molar refractivity (Wildman–Crippen MR) is 91.9 cm³/mol. The van der Waals surface area contributed by atoms with Crippen LogP contribution >= 0.6 is 0 Å². The van der Waals surface area contributed by atoms with Crippen LogP contribution < -0.4 is 15.4 Å². The fourth-order valence-corrected chi connectivity index (χ4v) is 2.11. The predicted octanol–water partition coefficient (Wildman–Crippen LogP) is 0.706. The Bertz CT molecular complexity index is 656. The molecule has 0 saturated carbocycles. The number of aliphatic imine (C=N–C) groups is 1. The molecule has 130 valence electrons. The Kier molecular flexibility index (Phi) is 7.03. The van der Waals surface area contributed by atoms with Crippen LogP contribution in [0.3, 0.4) is 0 Å². The van der Waals surface area contributed by atoms with Crippen molar-refractivity contribution >= 4 is 5.96 Å². The first-order chi connectivity index (χ1) is 11.7. The number of nitrogens with one attached hydrogen (secondary N) is 2. The molecule has 0 aliphatic heterocycles. The first-order valence-corrected chi connectivity index (χ1v) is 7.71. The van der Waals surface area contributed by atoms with Crippen LogP contribution in [0.4, 0.5) is 0 Å². The summed E-state index contributed by atoms with van der Waals surface area (Å²) < 4.78 is 12.7. The molecule has 0 amide bonds. The summed E-state index contributed by atoms with van der Waals surface area (Å²) in [6.45, 7) is 2.27. The van der Waals surface area contributed by atoms with Crippen molar-refractivity contribution in [1.82, 2.24) is 25.4 Å². The van der Waals surface area contributed by atoms with E-state index in [4.69, 9.17) is 9.47 Å². The van der Waals surface area contributed by atoms with E-state index in [1.54, 1.807) is 18.8 Å². The number of guanidine groups is 1. The highest BCUT2D eigenvalue weighted by atomic mass is 16.5. The minimum Gasteiger partial charge on any atom is -0.496 e. The van der Waals surface area contributed by atoms with E-state index in [9.17, 15) is 0 Å². The van der Waals surface area contributed by atoms with Crippen LogP contribution in [-0.2, 0) is 24.9 Å². The van der Waals surface area contributed by atoms with Gasteiger partial charge in [-0.05, 0) is 6.07 Å². The summed E-state index contributed by atoms with van der Waals surface area (Å²) in [5.74, 6) is 2.37. The summed E-state index contributed by atoms with van der Waals surface area (Å²) in [4.78, 5) is 8.31. The van der Waals surface area contributed by atoms with Gasteiger partial charge >= 0.3 is 0 Å². The number of benzene rings is 1. The molecule has 0 aliphatic carbocycles. The van der Waals surface area contributed by atoms with Crippen LogP contribution in [0.25, 0.3) is 0 Å². The van der Waals surface area contributed by atoms with Gasteiger partial charge in [-0.1, -0.05) is 18.2 Å². The molecule has 0 bridgehead atoms. The topological polar surface area (TPSA) is 85.6 Å². The number of nitrogens with zero attached hydrogens (tertiary/aromatic N) is 4. The highest BCUT2D eigenvalue weighted by Gasteiger charge is 2.03. The molecule has 2 rings (SSSR count). The number of aryl methyl sites for hydroxylation is 1. The Labute approximate surface area is 141 Å². The zero-order valence-electron chi connectivity index (χ0n) is 14.3. The van der Waals surface area contributed by atoms with Gasteiger partial charge in [0.15, 0.2) is 5.96 Å². The average molecular weight is 332 g/mol. The molecule has 1 heterocycles. The molecule has 1 aromatic carbocycles.